The van der Waals surface area contributed by atoms with E-state index >= 15 is 0 Å². The number of carboxylic acids is 1. The zero-order valence-electron chi connectivity index (χ0n) is 20.9. The number of nitrogens with zero attached hydrogens (tertiary/aromatic N) is 4. The van der Waals surface area contributed by atoms with Crippen LogP contribution < -0.4 is 10.1 Å². The molecule has 0 spiro atoms. The number of hydrogen-bond acceptors (Lipinski definition) is 6. The van der Waals surface area contributed by atoms with Crippen LogP contribution in [0.25, 0.3) is 22.6 Å². The number of carbonyl (C=O) groups excluding carboxylic acids is 1. The first-order valence-electron chi connectivity index (χ1n) is 11.8. The maximum absolute atomic E-state index is 14.4. The quantitative estimate of drug-likeness (QED) is 0.260. The standard InChI is InChI=1S/C21H28FN7O2.C2HF3O2/c1-28(2)7-6-10-31-18-12-16-15(11-14(18)22)24-20(25-16)19-17(13-23-27-19)26-21(30)29-8-4-3-5-9-29;3-2(4,5)1(6)7/h11-13H,3-10H2,1-2H3,(H,23,27)(H,24,25)(H,26,30);(H,6,7). The number of carbonyl (C=O) groups is 2. The van der Waals surface area contributed by atoms with Crippen molar-refractivity contribution < 1.29 is 37.0 Å². The number of benzene rings is 1. The second-order valence-electron chi connectivity index (χ2n) is 8.82. The van der Waals surface area contributed by atoms with Gasteiger partial charge in [0.25, 0.3) is 0 Å². The molecule has 0 unspecified atom stereocenters. The van der Waals surface area contributed by atoms with Gasteiger partial charge in [-0.1, -0.05) is 0 Å². The number of halogens is 4. The Bertz CT molecular complexity index is 1240. The molecule has 1 aliphatic heterocycles. The van der Waals surface area contributed by atoms with Crippen LogP contribution in [0, 0.1) is 5.82 Å². The van der Waals surface area contributed by atoms with Gasteiger partial charge in [-0.2, -0.15) is 18.3 Å². The molecule has 15 heteroatoms. The first-order valence-corrected chi connectivity index (χ1v) is 11.8. The molecule has 3 aromatic rings. The minimum absolute atomic E-state index is 0.155. The fraction of sp³-hybridized carbons (Fsp3) is 0.478. The smallest absolute Gasteiger partial charge is 0.490 e. The molecule has 0 saturated carbocycles. The van der Waals surface area contributed by atoms with Gasteiger partial charge in [0, 0.05) is 38.0 Å². The van der Waals surface area contributed by atoms with Gasteiger partial charge in [0.05, 0.1) is 23.3 Å². The van der Waals surface area contributed by atoms with Crippen LogP contribution in [0.3, 0.4) is 0 Å². The summed E-state index contributed by atoms with van der Waals surface area (Å²) in [5.41, 5.74) is 2.09. The number of urea groups is 1. The number of H-pyrrole nitrogens is 2. The Morgan fingerprint density at radius 2 is 1.89 bits per heavy atom. The Morgan fingerprint density at radius 3 is 2.53 bits per heavy atom. The van der Waals surface area contributed by atoms with Gasteiger partial charge in [0.2, 0.25) is 0 Å². The number of aromatic amines is 2. The number of aromatic nitrogens is 4. The van der Waals surface area contributed by atoms with Crippen LogP contribution in [-0.2, 0) is 4.79 Å². The molecule has 0 radical (unpaired) electrons. The molecular weight excluding hydrogens is 514 g/mol. The number of rotatable bonds is 7. The van der Waals surface area contributed by atoms with E-state index in [-0.39, 0.29) is 11.8 Å². The highest BCUT2D eigenvalue weighted by Crippen LogP contribution is 2.29. The Kier molecular flexibility index (Phi) is 9.50. The van der Waals surface area contributed by atoms with Crippen molar-refractivity contribution in [2.24, 2.45) is 0 Å². The van der Waals surface area contributed by atoms with Gasteiger partial charge in [-0.25, -0.2) is 19.0 Å². The number of fused-ring (bicyclic) bond motifs is 1. The van der Waals surface area contributed by atoms with Crippen molar-refractivity contribution in [3.05, 3.63) is 24.1 Å². The molecule has 1 aromatic carbocycles. The van der Waals surface area contributed by atoms with Crippen molar-refractivity contribution in [3.63, 3.8) is 0 Å². The molecule has 3 heterocycles. The predicted molar refractivity (Wildman–Crippen MR) is 130 cm³/mol. The van der Waals surface area contributed by atoms with Crippen LogP contribution in [0.5, 0.6) is 5.75 Å². The normalized spacial score (nSPS) is 13.8. The molecule has 1 aliphatic rings. The highest BCUT2D eigenvalue weighted by atomic mass is 19.4. The molecule has 4 N–H and O–H groups in total. The first kappa shape index (κ1) is 28.7. The molecule has 2 aromatic heterocycles. The van der Waals surface area contributed by atoms with Gasteiger partial charge in [-0.05, 0) is 39.8 Å². The minimum Gasteiger partial charge on any atom is -0.490 e. The molecule has 0 aliphatic carbocycles. The molecule has 38 heavy (non-hydrogen) atoms. The SMILES string of the molecule is CN(C)CCCOc1cc2[nH]c(-c3n[nH]cc3NC(=O)N3CCCCC3)nc2cc1F.O=C(O)C(F)(F)F. The number of aliphatic carboxylic acids is 1. The lowest BCUT2D eigenvalue weighted by Crippen LogP contribution is -2.38. The number of likely N-dealkylation sites (tertiary alicyclic amines) is 1. The van der Waals surface area contributed by atoms with Crippen LogP contribution in [0.1, 0.15) is 25.7 Å². The summed E-state index contributed by atoms with van der Waals surface area (Å²) in [6.07, 6.45) is 0.509. The van der Waals surface area contributed by atoms with Gasteiger partial charge >= 0.3 is 18.2 Å². The lowest BCUT2D eigenvalue weighted by Gasteiger charge is -2.26. The van der Waals surface area contributed by atoms with E-state index in [9.17, 15) is 22.4 Å². The van der Waals surface area contributed by atoms with Gasteiger partial charge in [0.15, 0.2) is 23.1 Å². The van der Waals surface area contributed by atoms with Gasteiger partial charge < -0.3 is 29.9 Å². The fourth-order valence-corrected chi connectivity index (χ4v) is 3.65. The summed E-state index contributed by atoms with van der Waals surface area (Å²) < 4.78 is 51.8. The summed E-state index contributed by atoms with van der Waals surface area (Å²) in [5.74, 6) is -2.60. The van der Waals surface area contributed by atoms with Crippen molar-refractivity contribution in [2.45, 2.75) is 31.9 Å². The topological polar surface area (TPSA) is 139 Å². The number of anilines is 1. The number of ether oxygens (including phenoxy) is 1. The minimum atomic E-state index is -5.08. The zero-order valence-corrected chi connectivity index (χ0v) is 20.9. The van der Waals surface area contributed by atoms with E-state index < -0.39 is 18.0 Å². The molecule has 208 valence electrons. The molecule has 0 bridgehead atoms. The second kappa shape index (κ2) is 12.6. The number of hydrogen-bond donors (Lipinski definition) is 4. The molecule has 4 rings (SSSR count). The molecule has 2 amide bonds. The molecule has 11 nitrogen and oxygen atoms in total. The number of alkyl halides is 3. The average molecular weight is 544 g/mol. The number of imidazole rings is 1. The molecule has 0 atom stereocenters. The summed E-state index contributed by atoms with van der Waals surface area (Å²) >= 11 is 0. The van der Waals surface area contributed by atoms with Crippen molar-refractivity contribution in [1.29, 1.82) is 0 Å². The number of nitrogens with one attached hydrogen (secondary N) is 3. The van der Waals surface area contributed by atoms with Crippen LogP contribution >= 0.6 is 0 Å². The average Bonchev–Trinajstić information content (AvgIpc) is 3.48. The van der Waals surface area contributed by atoms with Crippen LogP contribution in [0.15, 0.2) is 18.3 Å². The van der Waals surface area contributed by atoms with Crippen LogP contribution in [-0.4, -0.2) is 93.6 Å². The van der Waals surface area contributed by atoms with E-state index in [0.29, 0.717) is 34.8 Å². The summed E-state index contributed by atoms with van der Waals surface area (Å²) in [7, 11) is 3.97. The van der Waals surface area contributed by atoms with Gasteiger partial charge in [-0.15, -0.1) is 0 Å². The van der Waals surface area contributed by atoms with Crippen molar-refractivity contribution in [2.75, 3.05) is 45.7 Å². The number of piperidine rings is 1. The molecule has 1 saturated heterocycles. The third kappa shape index (κ3) is 7.81. The van der Waals surface area contributed by atoms with Gasteiger partial charge in [-0.3, -0.25) is 5.10 Å². The van der Waals surface area contributed by atoms with E-state index in [1.54, 1.807) is 17.2 Å². The lowest BCUT2D eigenvalue weighted by atomic mass is 10.1. The third-order valence-corrected chi connectivity index (χ3v) is 5.53. The first-order chi connectivity index (χ1) is 18.0. The molecule has 1 fully saturated rings. The summed E-state index contributed by atoms with van der Waals surface area (Å²) in [6, 6.07) is 2.79. The maximum atomic E-state index is 14.4. The van der Waals surface area contributed by atoms with Gasteiger partial charge in [0.1, 0.15) is 0 Å². The van der Waals surface area contributed by atoms with E-state index in [4.69, 9.17) is 14.6 Å². The predicted octanol–water partition coefficient (Wildman–Crippen LogP) is 4.07. The second-order valence-corrected chi connectivity index (χ2v) is 8.82. The van der Waals surface area contributed by atoms with E-state index in [1.807, 2.05) is 14.1 Å². The Balaban J connectivity index is 0.000000505. The zero-order chi connectivity index (χ0) is 27.9. The summed E-state index contributed by atoms with van der Waals surface area (Å²) in [4.78, 5) is 32.9. The van der Waals surface area contributed by atoms with Crippen molar-refractivity contribution in [3.8, 4) is 17.3 Å². The fourth-order valence-electron chi connectivity index (χ4n) is 3.65. The Morgan fingerprint density at radius 1 is 1.21 bits per heavy atom. The lowest BCUT2D eigenvalue weighted by molar-refractivity contribution is -0.192. The van der Waals surface area contributed by atoms with E-state index in [2.05, 4.69) is 30.4 Å². The number of carboxylic acid groups (broad SMARTS) is 1. The van der Waals surface area contributed by atoms with Crippen LogP contribution in [0.4, 0.5) is 28.0 Å². The third-order valence-electron chi connectivity index (χ3n) is 5.53. The van der Waals surface area contributed by atoms with E-state index in [0.717, 1.165) is 45.3 Å². The highest BCUT2D eigenvalue weighted by molar-refractivity contribution is 5.93. The summed E-state index contributed by atoms with van der Waals surface area (Å²) in [5, 5.41) is 17.0. The van der Waals surface area contributed by atoms with Crippen molar-refractivity contribution in [1.82, 2.24) is 30.0 Å². The number of amides is 2. The molecular formula is C23H29F4N7O4. The highest BCUT2D eigenvalue weighted by Gasteiger charge is 2.38. The van der Waals surface area contributed by atoms with Crippen molar-refractivity contribution >= 4 is 28.7 Å². The van der Waals surface area contributed by atoms with Crippen LogP contribution in [0.2, 0.25) is 0 Å². The maximum Gasteiger partial charge on any atom is 0.490 e. The Hall–Kier alpha value is -3.88. The monoisotopic (exact) mass is 543 g/mol. The summed E-state index contributed by atoms with van der Waals surface area (Å²) in [6.45, 7) is 2.79. The largest absolute Gasteiger partial charge is 0.490 e. The Labute approximate surface area is 215 Å². The van der Waals surface area contributed by atoms with E-state index in [1.165, 1.54) is 6.07 Å².